The minimum Gasteiger partial charge on any atom is -0.480 e. The Morgan fingerprint density at radius 2 is 1.02 bits per heavy atom. The Kier molecular flexibility index (Phi) is 39.1. The van der Waals surface area contributed by atoms with E-state index in [1.165, 1.54) is 70.6 Å². The van der Waals surface area contributed by atoms with Crippen LogP contribution in [-0.4, -0.2) is 59.3 Å². The normalized spacial score (nSPS) is 12.9. The summed E-state index contributed by atoms with van der Waals surface area (Å²) in [5, 5.41) is 22.6. The van der Waals surface area contributed by atoms with Crippen LogP contribution < -0.4 is 10.6 Å². The molecule has 0 fully saturated rings. The van der Waals surface area contributed by atoms with Gasteiger partial charge in [0.15, 0.2) is 0 Å². The molecule has 0 radical (unpaired) electrons. The van der Waals surface area contributed by atoms with Gasteiger partial charge in [-0.05, 0) is 77.0 Å². The number of allylic oxidation sites excluding steroid dienone is 8. The molecule has 0 aliphatic rings. The summed E-state index contributed by atoms with van der Waals surface area (Å²) < 4.78 is 6.02. The van der Waals surface area contributed by atoms with Crippen LogP contribution in [0.1, 0.15) is 200 Å². The lowest BCUT2D eigenvalue weighted by Crippen LogP contribution is -2.47. The van der Waals surface area contributed by atoms with E-state index in [0.717, 1.165) is 96.3 Å². The van der Waals surface area contributed by atoms with Gasteiger partial charge in [0.1, 0.15) is 12.1 Å². The van der Waals surface area contributed by atoms with Crippen LogP contribution in [0.25, 0.3) is 0 Å². The Morgan fingerprint density at radius 3 is 1.54 bits per heavy atom. The van der Waals surface area contributed by atoms with E-state index < -0.39 is 24.5 Å². The number of aliphatic hydroxyl groups excluding tert-OH is 1. The van der Waals surface area contributed by atoms with Gasteiger partial charge in [-0.3, -0.25) is 14.4 Å². The number of unbranched alkanes of at least 4 members (excludes halogenated alkanes) is 18. The van der Waals surface area contributed by atoms with E-state index in [0.29, 0.717) is 19.3 Å². The van der Waals surface area contributed by atoms with Crippen molar-refractivity contribution < 1.29 is 34.1 Å². The van der Waals surface area contributed by atoms with Crippen molar-refractivity contribution in [2.24, 2.45) is 0 Å². The number of hydrogen-bond donors (Lipinski definition) is 4. The summed E-state index contributed by atoms with van der Waals surface area (Å²) in [6.07, 6.45) is 48.5. The topological polar surface area (TPSA) is 142 Å². The number of carbonyl (C=O) groups excluding carboxylic acids is 3. The Morgan fingerprint density at radius 1 is 0.554 bits per heavy atom. The first-order valence-electron chi connectivity index (χ1n) is 22.5. The van der Waals surface area contributed by atoms with Crippen molar-refractivity contribution in [2.45, 2.75) is 212 Å². The van der Waals surface area contributed by atoms with E-state index >= 15 is 0 Å². The number of aliphatic hydroxyl groups is 1. The summed E-state index contributed by atoms with van der Waals surface area (Å²) in [6, 6.07) is -1.38. The summed E-state index contributed by atoms with van der Waals surface area (Å²) >= 11 is 0. The number of aliphatic carboxylic acids is 1. The summed E-state index contributed by atoms with van der Waals surface area (Å²) in [7, 11) is 0. The van der Waals surface area contributed by atoms with Gasteiger partial charge < -0.3 is 25.6 Å². The van der Waals surface area contributed by atoms with Crippen LogP contribution in [-0.2, 0) is 23.9 Å². The maximum Gasteiger partial charge on any atom is 0.328 e. The lowest BCUT2D eigenvalue weighted by Gasteiger charge is -2.18. The number of hydrogen-bond acceptors (Lipinski definition) is 6. The first-order valence-corrected chi connectivity index (χ1v) is 22.5. The van der Waals surface area contributed by atoms with Crippen LogP contribution in [0.3, 0.4) is 0 Å². The average molecular weight is 787 g/mol. The number of amides is 2. The molecule has 2 amide bonds. The molecule has 0 rings (SSSR count). The lowest BCUT2D eigenvalue weighted by molar-refractivity contribution is -0.150. The second-order valence-corrected chi connectivity index (χ2v) is 15.1. The van der Waals surface area contributed by atoms with Gasteiger partial charge in [-0.15, -0.1) is 0 Å². The Balaban J connectivity index is 4.24. The lowest BCUT2D eigenvalue weighted by atomic mass is 10.0. The summed E-state index contributed by atoms with van der Waals surface area (Å²) in [5.74, 6) is -2.31. The number of carboxylic acid groups (broad SMARTS) is 1. The molecule has 0 aromatic carbocycles. The molecule has 0 saturated heterocycles. The number of ether oxygens (including phenoxy) is 1. The highest BCUT2D eigenvalue weighted by Crippen LogP contribution is 2.19. The molecule has 9 heteroatoms. The van der Waals surface area contributed by atoms with Crippen molar-refractivity contribution in [3.63, 3.8) is 0 Å². The number of carboxylic acids is 1. The van der Waals surface area contributed by atoms with Gasteiger partial charge in [-0.2, -0.15) is 0 Å². The first kappa shape index (κ1) is 52.8. The monoisotopic (exact) mass is 787 g/mol. The van der Waals surface area contributed by atoms with Gasteiger partial charge in [-0.25, -0.2) is 4.79 Å². The zero-order valence-corrected chi connectivity index (χ0v) is 35.6. The fraction of sp³-hybridized carbons (Fsp3) is 0.745. The third-order valence-electron chi connectivity index (χ3n) is 9.84. The molecule has 0 heterocycles. The third kappa shape index (κ3) is 37.7. The summed E-state index contributed by atoms with van der Waals surface area (Å²) in [6.45, 7) is 3.36. The largest absolute Gasteiger partial charge is 0.480 e. The fourth-order valence-electron chi connectivity index (χ4n) is 6.41. The van der Waals surface area contributed by atoms with Crippen LogP contribution in [0, 0.1) is 0 Å². The molecule has 2 atom stereocenters. The van der Waals surface area contributed by atoms with Crippen molar-refractivity contribution in [1.82, 2.24) is 10.6 Å². The van der Waals surface area contributed by atoms with Crippen molar-refractivity contribution in [2.75, 3.05) is 13.2 Å². The molecule has 0 saturated carbocycles. The smallest absolute Gasteiger partial charge is 0.328 e. The first-order chi connectivity index (χ1) is 27.3. The maximum atomic E-state index is 12.8. The highest BCUT2D eigenvalue weighted by atomic mass is 16.5. The molecule has 9 nitrogen and oxygen atoms in total. The highest BCUT2D eigenvalue weighted by Gasteiger charge is 2.19. The van der Waals surface area contributed by atoms with E-state index in [4.69, 9.17) is 14.9 Å². The van der Waals surface area contributed by atoms with E-state index in [-0.39, 0.29) is 24.5 Å². The highest BCUT2D eigenvalue weighted by molar-refractivity contribution is 5.87. The van der Waals surface area contributed by atoms with Gasteiger partial charge in [0.25, 0.3) is 0 Å². The fourth-order valence-corrected chi connectivity index (χ4v) is 6.41. The van der Waals surface area contributed by atoms with Crippen LogP contribution >= 0.6 is 0 Å². The second-order valence-electron chi connectivity index (χ2n) is 15.1. The molecule has 2 unspecified atom stereocenters. The predicted molar refractivity (Wildman–Crippen MR) is 231 cm³/mol. The van der Waals surface area contributed by atoms with Crippen LogP contribution in [0.4, 0.5) is 0 Å². The summed E-state index contributed by atoms with van der Waals surface area (Å²) in [4.78, 5) is 47.6. The van der Waals surface area contributed by atoms with Crippen LogP contribution in [0.15, 0.2) is 48.6 Å². The number of rotatable bonds is 40. The standard InChI is InChI=1S/C47H82N2O7/c1-3-5-7-9-11-13-14-15-16-17-18-19-20-21-22-24-26-31-35-39-46(53)56-42(36-32-28-25-23-12-10-8-6-4-2)37-33-29-27-30-34-38-44(51)48-40-45(52)49-43(41-50)47(54)55/h5,7,11,13,15-16,18-19,42-43,50H,3-4,6,8-10,12,14,17,20-41H2,1-2H3,(H,48,51)(H,49,52)(H,54,55)/b7-5-,13-11-,16-15-,19-18-. The molecule has 322 valence electrons. The van der Waals surface area contributed by atoms with Crippen LogP contribution in [0.5, 0.6) is 0 Å². The molecule has 56 heavy (non-hydrogen) atoms. The Hall–Kier alpha value is -3.20. The van der Waals surface area contributed by atoms with Gasteiger partial charge in [0, 0.05) is 12.8 Å². The van der Waals surface area contributed by atoms with Gasteiger partial charge in [-0.1, -0.05) is 159 Å². The van der Waals surface area contributed by atoms with Crippen molar-refractivity contribution >= 4 is 23.8 Å². The van der Waals surface area contributed by atoms with E-state index in [2.05, 4.69) is 73.1 Å². The molecule has 0 bridgehead atoms. The third-order valence-corrected chi connectivity index (χ3v) is 9.84. The van der Waals surface area contributed by atoms with Gasteiger partial charge in [0.2, 0.25) is 11.8 Å². The molecule has 0 aliphatic heterocycles. The van der Waals surface area contributed by atoms with Crippen molar-refractivity contribution in [3.05, 3.63) is 48.6 Å². The maximum absolute atomic E-state index is 12.8. The predicted octanol–water partition coefficient (Wildman–Crippen LogP) is 11.2. The minimum absolute atomic E-state index is 0.0195. The minimum atomic E-state index is -1.38. The molecular formula is C47H82N2O7. The van der Waals surface area contributed by atoms with E-state index in [9.17, 15) is 19.2 Å². The molecule has 0 aromatic rings. The molecular weight excluding hydrogens is 705 g/mol. The zero-order chi connectivity index (χ0) is 41.2. The molecule has 0 spiro atoms. The zero-order valence-electron chi connectivity index (χ0n) is 35.6. The average Bonchev–Trinajstić information content (AvgIpc) is 3.18. The Labute approximate surface area is 341 Å². The quantitative estimate of drug-likeness (QED) is 0.0275. The SMILES string of the molecule is CC/C=C\C/C=C\C/C=C\C/C=C\CCCCCCCCC(=O)OC(CCCCCCCCCCC)CCCCCCCC(=O)NCC(=O)NC(CO)C(=O)O. The van der Waals surface area contributed by atoms with Gasteiger partial charge in [0.05, 0.1) is 13.2 Å². The number of nitrogens with one attached hydrogen (secondary N) is 2. The van der Waals surface area contributed by atoms with Crippen LogP contribution in [0.2, 0.25) is 0 Å². The Bertz CT molecular complexity index is 1080. The van der Waals surface area contributed by atoms with E-state index in [1.807, 2.05) is 0 Å². The molecule has 4 N–H and O–H groups in total. The number of carbonyl (C=O) groups is 4. The van der Waals surface area contributed by atoms with Crippen molar-refractivity contribution in [1.29, 1.82) is 0 Å². The summed E-state index contributed by atoms with van der Waals surface area (Å²) in [5.41, 5.74) is 0. The number of esters is 1. The second kappa shape index (κ2) is 41.4. The van der Waals surface area contributed by atoms with Gasteiger partial charge >= 0.3 is 11.9 Å². The van der Waals surface area contributed by atoms with E-state index in [1.54, 1.807) is 0 Å². The molecule has 0 aliphatic carbocycles. The van der Waals surface area contributed by atoms with Crippen molar-refractivity contribution in [3.8, 4) is 0 Å². The molecule has 0 aromatic heterocycles.